The van der Waals surface area contributed by atoms with Gasteiger partial charge in [-0.3, -0.25) is 4.79 Å². The van der Waals surface area contributed by atoms with Crippen LogP contribution in [-0.4, -0.2) is 68.4 Å². The van der Waals surface area contributed by atoms with Crippen molar-refractivity contribution in [3.63, 3.8) is 0 Å². The van der Waals surface area contributed by atoms with Gasteiger partial charge < -0.3 is 32.3 Å². The van der Waals surface area contributed by atoms with Crippen LogP contribution in [0.4, 0.5) is 37.8 Å². The van der Waals surface area contributed by atoms with Crippen LogP contribution in [-0.2, 0) is 20.4 Å². The number of alkyl halides is 6. The van der Waals surface area contributed by atoms with Gasteiger partial charge >= 0.3 is 24.3 Å². The maximum atomic E-state index is 13.6. The number of rotatable bonds is 5. The number of carbonyl (C=O) groups is 3. The molecule has 1 amide bonds. The second kappa shape index (κ2) is 17.1. The Kier molecular flexibility index (Phi) is 14.2. The number of carboxylic acid groups (broad SMARTS) is 2. The molecule has 53 heavy (non-hydrogen) atoms. The number of anilines is 2. The number of aryl methyl sites for hydroxylation is 1. The number of carbonyl (C=O) groups excluding carboxylic acids is 1. The largest absolute Gasteiger partial charge is 0.490 e. The minimum absolute atomic E-state index is 0.00758. The van der Waals surface area contributed by atoms with E-state index in [2.05, 4.69) is 68.2 Å². The Morgan fingerprint density at radius 2 is 1.28 bits per heavy atom. The van der Waals surface area contributed by atoms with Crippen LogP contribution in [0, 0.1) is 6.92 Å². The highest BCUT2D eigenvalue weighted by Gasteiger charge is 2.39. The smallest absolute Gasteiger partial charge is 0.475 e. The predicted molar refractivity (Wildman–Crippen MR) is 189 cm³/mol. The van der Waals surface area contributed by atoms with Crippen LogP contribution in [0.1, 0.15) is 94.5 Å². The van der Waals surface area contributed by atoms with E-state index in [1.807, 2.05) is 37.3 Å². The number of aliphatic imine (C=N–C) groups is 1. The van der Waals surface area contributed by atoms with E-state index in [9.17, 15) is 31.1 Å². The third-order valence-corrected chi connectivity index (χ3v) is 7.83. The first-order valence-electron chi connectivity index (χ1n) is 16.3. The van der Waals surface area contributed by atoms with Gasteiger partial charge in [0.25, 0.3) is 5.91 Å². The molecule has 18 heteroatoms. The average molecular weight is 758 g/mol. The minimum atomic E-state index is -5.08. The molecule has 1 aliphatic carbocycles. The van der Waals surface area contributed by atoms with E-state index in [0.717, 1.165) is 53.4 Å². The van der Waals surface area contributed by atoms with Crippen molar-refractivity contribution in [1.29, 1.82) is 0 Å². The van der Waals surface area contributed by atoms with Crippen LogP contribution in [0.2, 0.25) is 0 Å². The Morgan fingerprint density at radius 3 is 1.74 bits per heavy atom. The Morgan fingerprint density at radius 1 is 0.792 bits per heavy atom. The number of benzene rings is 2. The summed E-state index contributed by atoms with van der Waals surface area (Å²) in [7, 11) is 0. The van der Waals surface area contributed by atoms with Gasteiger partial charge in [-0.1, -0.05) is 72.1 Å². The Hall–Kier alpha value is -5.16. The lowest BCUT2D eigenvalue weighted by molar-refractivity contribution is -0.193. The van der Waals surface area contributed by atoms with E-state index in [-0.39, 0.29) is 40.6 Å². The highest BCUT2D eigenvalue weighted by Crippen LogP contribution is 2.33. The van der Waals surface area contributed by atoms with Crippen molar-refractivity contribution in [3.8, 4) is 0 Å². The number of nitrogens with two attached hydrogens (primary N) is 2. The molecule has 0 radical (unpaired) electrons. The zero-order valence-electron chi connectivity index (χ0n) is 30.3. The summed E-state index contributed by atoms with van der Waals surface area (Å²) in [6, 6.07) is 12.2. The number of hydrogen-bond donors (Lipinski definition) is 6. The number of aromatic nitrogens is 2. The lowest BCUT2D eigenvalue weighted by Gasteiger charge is -2.30. The molecule has 8 N–H and O–H groups in total. The van der Waals surface area contributed by atoms with E-state index >= 15 is 0 Å². The van der Waals surface area contributed by atoms with E-state index < -0.39 is 24.3 Å². The quantitative estimate of drug-likeness (QED) is 0.0889. The first-order chi connectivity index (χ1) is 24.1. The molecule has 1 heterocycles. The molecular weight excluding hydrogens is 712 g/mol. The van der Waals surface area contributed by atoms with Crippen LogP contribution in [0.3, 0.4) is 0 Å². The van der Waals surface area contributed by atoms with Crippen LogP contribution >= 0.6 is 0 Å². The molecule has 0 bridgehead atoms. The summed E-state index contributed by atoms with van der Waals surface area (Å²) in [5, 5.41) is 21.8. The molecule has 1 aliphatic rings. The number of halogens is 6. The van der Waals surface area contributed by atoms with Crippen LogP contribution in [0.15, 0.2) is 41.4 Å². The van der Waals surface area contributed by atoms with Gasteiger partial charge in [-0.05, 0) is 66.0 Å². The summed E-state index contributed by atoms with van der Waals surface area (Å²) in [4.78, 5) is 45.2. The van der Waals surface area contributed by atoms with Crippen LogP contribution in [0.5, 0.6) is 0 Å². The van der Waals surface area contributed by atoms with Gasteiger partial charge in [-0.15, -0.1) is 0 Å². The fourth-order valence-electron chi connectivity index (χ4n) is 5.01. The van der Waals surface area contributed by atoms with Crippen LogP contribution in [0.25, 0.3) is 10.9 Å². The molecule has 1 aromatic heterocycles. The number of aliphatic carboxylic acids is 2. The molecule has 0 spiro atoms. The van der Waals surface area contributed by atoms with Gasteiger partial charge in [0.2, 0.25) is 5.82 Å². The van der Waals surface area contributed by atoms with Crippen molar-refractivity contribution < 1.29 is 50.9 Å². The summed E-state index contributed by atoms with van der Waals surface area (Å²) < 4.78 is 63.5. The first-order valence-corrected chi connectivity index (χ1v) is 16.3. The fraction of sp³-hybridized carbons (Fsp3) is 0.486. The molecule has 0 saturated heterocycles. The predicted octanol–water partition coefficient (Wildman–Crippen LogP) is 7.05. The molecule has 2 aromatic carbocycles. The normalized spacial score (nSPS) is 16.2. The summed E-state index contributed by atoms with van der Waals surface area (Å²) in [5.41, 5.74) is 16.2. The number of nitrogens with zero attached hydrogens (tertiary/aromatic N) is 3. The number of amides is 1. The summed E-state index contributed by atoms with van der Waals surface area (Å²) >= 11 is 0. The van der Waals surface area contributed by atoms with Gasteiger partial charge in [0, 0.05) is 11.1 Å². The Balaban J connectivity index is 0.000000587. The summed E-state index contributed by atoms with van der Waals surface area (Å²) in [6.45, 7) is 15.1. The highest BCUT2D eigenvalue weighted by atomic mass is 19.4. The molecule has 2 atom stereocenters. The minimum Gasteiger partial charge on any atom is -0.475 e. The monoisotopic (exact) mass is 757 g/mol. The third-order valence-electron chi connectivity index (χ3n) is 7.83. The maximum Gasteiger partial charge on any atom is 0.490 e. The van der Waals surface area contributed by atoms with Gasteiger partial charge in [-0.2, -0.15) is 26.3 Å². The van der Waals surface area contributed by atoms with Crippen molar-refractivity contribution >= 4 is 46.2 Å². The van der Waals surface area contributed by atoms with E-state index in [0.29, 0.717) is 11.3 Å². The van der Waals surface area contributed by atoms with Gasteiger partial charge in [-0.25, -0.2) is 24.5 Å². The SMILES string of the molecule is Cc1ccc2nc(C(=O)Nc3cc(C(C)(C)C)cc(C(C)(C)C)c3)nc(NC3CCCCC3N=C(N)N)c2c1.O=C(O)C(F)(F)F.O=C(O)C(F)(F)F. The second-order valence-corrected chi connectivity index (χ2v) is 14.4. The number of carboxylic acids is 2. The van der Waals surface area contributed by atoms with E-state index in [1.165, 1.54) is 0 Å². The van der Waals surface area contributed by atoms with Crippen molar-refractivity contribution in [2.75, 3.05) is 10.6 Å². The average Bonchev–Trinajstić information content (AvgIpc) is 3.00. The van der Waals surface area contributed by atoms with Crippen molar-refractivity contribution in [3.05, 3.63) is 58.9 Å². The molecular formula is C35H45F6N7O5. The summed E-state index contributed by atoms with van der Waals surface area (Å²) in [6.07, 6.45) is -6.22. The molecule has 292 valence electrons. The molecule has 3 aromatic rings. The first kappa shape index (κ1) is 44.0. The number of nitrogens with one attached hydrogen (secondary N) is 2. The number of guanidine groups is 1. The lowest BCUT2D eigenvalue weighted by Crippen LogP contribution is -2.38. The van der Waals surface area contributed by atoms with Gasteiger partial charge in [0.15, 0.2) is 5.96 Å². The van der Waals surface area contributed by atoms with E-state index in [1.54, 1.807) is 0 Å². The lowest BCUT2D eigenvalue weighted by atomic mass is 9.80. The van der Waals surface area contributed by atoms with Crippen molar-refractivity contribution in [2.45, 2.75) is 109 Å². The fourth-order valence-corrected chi connectivity index (χ4v) is 5.01. The summed E-state index contributed by atoms with van der Waals surface area (Å²) in [5.74, 6) is -5.04. The van der Waals surface area contributed by atoms with Crippen molar-refractivity contribution in [2.24, 2.45) is 16.5 Å². The zero-order valence-corrected chi connectivity index (χ0v) is 30.3. The zero-order chi connectivity index (χ0) is 40.7. The third kappa shape index (κ3) is 13.7. The maximum absolute atomic E-state index is 13.6. The molecule has 0 aliphatic heterocycles. The Labute approximate surface area is 302 Å². The molecule has 12 nitrogen and oxygen atoms in total. The second-order valence-electron chi connectivity index (χ2n) is 14.4. The van der Waals surface area contributed by atoms with E-state index in [4.69, 9.17) is 36.3 Å². The highest BCUT2D eigenvalue weighted by molar-refractivity contribution is 6.04. The molecule has 4 rings (SSSR count). The van der Waals surface area contributed by atoms with Crippen molar-refractivity contribution in [1.82, 2.24) is 9.97 Å². The van der Waals surface area contributed by atoms with Gasteiger partial charge in [0.1, 0.15) is 5.82 Å². The Bertz CT molecular complexity index is 1760. The number of hydrogen-bond acceptors (Lipinski definition) is 7. The number of fused-ring (bicyclic) bond motifs is 1. The topological polar surface area (TPSA) is 206 Å². The standard InChI is InChI=1S/C31H43N7O.2C2HF3O2/c1-18-12-13-23-22(14-18)26(36-24-10-8-9-11-25(24)37-29(32)33)38-27(35-23)28(39)34-21-16-19(30(2,3)4)15-20(17-21)31(5,6)7;2*3-2(4,5)1(6)7/h12-17,24-25H,8-11H2,1-7H3,(H,34,39)(H4,32,33,37)(H,35,36,38);2*(H,6,7). The van der Waals surface area contributed by atoms with Gasteiger partial charge in [0.05, 0.1) is 17.6 Å². The molecule has 2 unspecified atom stereocenters. The molecule has 1 saturated carbocycles. The van der Waals surface area contributed by atoms with Crippen LogP contribution < -0.4 is 22.1 Å². The molecule has 1 fully saturated rings.